The zero-order valence-corrected chi connectivity index (χ0v) is 10.7. The third kappa shape index (κ3) is 3.22. The first-order valence-electron chi connectivity index (χ1n) is 5.88. The van der Waals surface area contributed by atoms with Crippen LogP contribution in [0.3, 0.4) is 0 Å². The second-order valence-corrected chi connectivity index (χ2v) is 5.75. The summed E-state index contributed by atoms with van der Waals surface area (Å²) in [7, 11) is 1.95. The minimum atomic E-state index is 0.395. The Hall–Kier alpha value is -0.550. The zero-order chi connectivity index (χ0) is 11.4. The quantitative estimate of drug-likeness (QED) is 0.849. The molecule has 1 aliphatic rings. The summed E-state index contributed by atoms with van der Waals surface area (Å²) < 4.78 is 5.27. The summed E-state index contributed by atoms with van der Waals surface area (Å²) >= 11 is 2.02. The fourth-order valence-corrected chi connectivity index (χ4v) is 3.09. The average Bonchev–Trinajstić information content (AvgIpc) is 2.91. The Morgan fingerprint density at radius 1 is 1.62 bits per heavy atom. The molecule has 2 atom stereocenters. The second kappa shape index (κ2) is 5.68. The molecule has 1 fully saturated rings. The Kier molecular flexibility index (Phi) is 4.23. The maximum absolute atomic E-state index is 5.27. The van der Waals surface area contributed by atoms with Gasteiger partial charge < -0.3 is 9.84 Å². The number of hydrogen-bond acceptors (Lipinski definition) is 5. The molecule has 2 rings (SSSR count). The molecule has 0 saturated carbocycles. The van der Waals surface area contributed by atoms with Crippen LogP contribution in [0.4, 0.5) is 0 Å². The number of nitrogens with zero attached hydrogens (tertiary/aromatic N) is 2. The fourth-order valence-electron chi connectivity index (χ4n) is 1.83. The normalized spacial score (nSPS) is 22.5. The lowest BCUT2D eigenvalue weighted by atomic mass is 10.2. The standard InChI is InChI=1S/C11H19N3OS/c1-8(12-2)6-10-13-11(15-14-10)7-9-4-3-5-16-9/h8-9,12H,3-7H2,1-2H3. The van der Waals surface area contributed by atoms with Crippen LogP contribution in [0.25, 0.3) is 0 Å². The van der Waals surface area contributed by atoms with E-state index in [-0.39, 0.29) is 0 Å². The van der Waals surface area contributed by atoms with Crippen LogP contribution in [0.1, 0.15) is 31.5 Å². The summed E-state index contributed by atoms with van der Waals surface area (Å²) in [6.07, 6.45) is 4.38. The predicted octanol–water partition coefficient (Wildman–Crippen LogP) is 1.66. The van der Waals surface area contributed by atoms with Crippen LogP contribution < -0.4 is 5.32 Å². The van der Waals surface area contributed by atoms with Gasteiger partial charge in [0.2, 0.25) is 5.89 Å². The summed E-state index contributed by atoms with van der Waals surface area (Å²) in [5, 5.41) is 7.87. The molecule has 0 spiro atoms. The molecule has 1 N–H and O–H groups in total. The summed E-state index contributed by atoms with van der Waals surface area (Å²) in [6, 6.07) is 0.395. The molecule has 2 heterocycles. The Labute approximate surface area is 101 Å². The summed E-state index contributed by atoms with van der Waals surface area (Å²) in [6.45, 7) is 2.11. The summed E-state index contributed by atoms with van der Waals surface area (Å²) in [5.74, 6) is 2.90. The van der Waals surface area contributed by atoms with Gasteiger partial charge in [-0.1, -0.05) is 5.16 Å². The molecular weight excluding hydrogens is 222 g/mol. The number of thioether (sulfide) groups is 1. The van der Waals surface area contributed by atoms with E-state index in [2.05, 4.69) is 22.4 Å². The molecule has 90 valence electrons. The number of rotatable bonds is 5. The Balaban J connectivity index is 1.86. The van der Waals surface area contributed by atoms with Gasteiger partial charge in [0.25, 0.3) is 0 Å². The van der Waals surface area contributed by atoms with E-state index in [0.29, 0.717) is 11.3 Å². The molecule has 0 amide bonds. The predicted molar refractivity (Wildman–Crippen MR) is 65.7 cm³/mol. The first kappa shape index (κ1) is 11.9. The highest BCUT2D eigenvalue weighted by molar-refractivity contribution is 8.00. The van der Waals surface area contributed by atoms with E-state index in [9.17, 15) is 0 Å². The molecule has 0 aliphatic carbocycles. The lowest BCUT2D eigenvalue weighted by Gasteiger charge is -2.05. The van der Waals surface area contributed by atoms with Gasteiger partial charge in [-0.2, -0.15) is 16.7 Å². The second-order valence-electron chi connectivity index (χ2n) is 4.34. The highest BCUT2D eigenvalue weighted by Crippen LogP contribution is 2.28. The van der Waals surface area contributed by atoms with Crippen molar-refractivity contribution in [3.8, 4) is 0 Å². The minimum Gasteiger partial charge on any atom is -0.339 e. The van der Waals surface area contributed by atoms with Gasteiger partial charge in [0.15, 0.2) is 5.82 Å². The largest absolute Gasteiger partial charge is 0.339 e. The smallest absolute Gasteiger partial charge is 0.227 e. The topological polar surface area (TPSA) is 51.0 Å². The summed E-state index contributed by atoms with van der Waals surface area (Å²) in [5.41, 5.74) is 0. The van der Waals surface area contributed by atoms with Crippen molar-refractivity contribution in [2.75, 3.05) is 12.8 Å². The maximum Gasteiger partial charge on any atom is 0.227 e. The van der Waals surface area contributed by atoms with Gasteiger partial charge in [0.05, 0.1) is 0 Å². The van der Waals surface area contributed by atoms with Gasteiger partial charge in [-0.3, -0.25) is 0 Å². The van der Waals surface area contributed by atoms with Crippen molar-refractivity contribution in [3.05, 3.63) is 11.7 Å². The molecule has 5 heteroatoms. The van der Waals surface area contributed by atoms with Crippen LogP contribution in [-0.2, 0) is 12.8 Å². The van der Waals surface area contributed by atoms with Gasteiger partial charge in [0.1, 0.15) is 0 Å². The van der Waals surface area contributed by atoms with Crippen molar-refractivity contribution < 1.29 is 4.52 Å². The van der Waals surface area contributed by atoms with Crippen LogP contribution in [0.5, 0.6) is 0 Å². The van der Waals surface area contributed by atoms with Crippen molar-refractivity contribution in [2.24, 2.45) is 0 Å². The van der Waals surface area contributed by atoms with Crippen LogP contribution in [0.2, 0.25) is 0 Å². The molecule has 1 aliphatic heterocycles. The van der Waals surface area contributed by atoms with E-state index < -0.39 is 0 Å². The number of aromatic nitrogens is 2. The van der Waals surface area contributed by atoms with Gasteiger partial charge in [-0.05, 0) is 32.6 Å². The van der Waals surface area contributed by atoms with Crippen molar-refractivity contribution >= 4 is 11.8 Å². The highest BCUT2D eigenvalue weighted by atomic mass is 32.2. The molecule has 0 bridgehead atoms. The molecule has 2 unspecified atom stereocenters. The lowest BCUT2D eigenvalue weighted by Crippen LogP contribution is -2.24. The number of likely N-dealkylation sites (N-methyl/N-ethyl adjacent to an activating group) is 1. The van der Waals surface area contributed by atoms with Crippen molar-refractivity contribution in [1.29, 1.82) is 0 Å². The van der Waals surface area contributed by atoms with Crippen LogP contribution in [0, 0.1) is 0 Å². The molecule has 1 aromatic heterocycles. The van der Waals surface area contributed by atoms with Gasteiger partial charge in [-0.25, -0.2) is 0 Å². The fraction of sp³-hybridized carbons (Fsp3) is 0.818. The van der Waals surface area contributed by atoms with Crippen LogP contribution in [-0.4, -0.2) is 34.2 Å². The molecule has 1 aromatic rings. The van der Waals surface area contributed by atoms with Crippen LogP contribution >= 0.6 is 11.8 Å². The Morgan fingerprint density at radius 3 is 3.19 bits per heavy atom. The third-order valence-electron chi connectivity index (χ3n) is 2.92. The average molecular weight is 241 g/mol. The monoisotopic (exact) mass is 241 g/mol. The first-order chi connectivity index (χ1) is 7.78. The van der Waals surface area contributed by atoms with E-state index in [1.54, 1.807) is 0 Å². The molecule has 16 heavy (non-hydrogen) atoms. The van der Waals surface area contributed by atoms with Gasteiger partial charge in [0, 0.05) is 24.1 Å². The van der Waals surface area contributed by atoms with E-state index in [1.807, 2.05) is 18.8 Å². The lowest BCUT2D eigenvalue weighted by molar-refractivity contribution is 0.369. The van der Waals surface area contributed by atoms with E-state index >= 15 is 0 Å². The SMILES string of the molecule is CNC(C)Cc1noc(CC2CCCS2)n1. The van der Waals surface area contributed by atoms with Gasteiger partial charge in [-0.15, -0.1) is 0 Å². The van der Waals surface area contributed by atoms with Crippen molar-refractivity contribution in [3.63, 3.8) is 0 Å². The van der Waals surface area contributed by atoms with Crippen molar-refractivity contribution in [1.82, 2.24) is 15.5 Å². The number of nitrogens with one attached hydrogen (secondary N) is 1. The summed E-state index contributed by atoms with van der Waals surface area (Å²) in [4.78, 5) is 4.43. The first-order valence-corrected chi connectivity index (χ1v) is 6.93. The molecule has 4 nitrogen and oxygen atoms in total. The van der Waals surface area contributed by atoms with Crippen molar-refractivity contribution in [2.45, 2.75) is 43.9 Å². The molecular formula is C11H19N3OS. The zero-order valence-electron chi connectivity index (χ0n) is 9.90. The molecule has 0 aromatic carbocycles. The minimum absolute atomic E-state index is 0.395. The van der Waals surface area contributed by atoms with E-state index in [0.717, 1.165) is 24.6 Å². The third-order valence-corrected chi connectivity index (χ3v) is 4.32. The molecule has 0 radical (unpaired) electrons. The van der Waals surface area contributed by atoms with E-state index in [4.69, 9.17) is 4.52 Å². The van der Waals surface area contributed by atoms with E-state index in [1.165, 1.54) is 18.6 Å². The number of hydrogen-bond donors (Lipinski definition) is 1. The highest BCUT2D eigenvalue weighted by Gasteiger charge is 2.19. The van der Waals surface area contributed by atoms with Gasteiger partial charge >= 0.3 is 0 Å². The Bertz CT molecular complexity index is 323. The molecule has 1 saturated heterocycles. The maximum atomic E-state index is 5.27. The Morgan fingerprint density at radius 2 is 2.50 bits per heavy atom. The van der Waals surface area contributed by atoms with Crippen LogP contribution in [0.15, 0.2) is 4.52 Å².